The Hall–Kier alpha value is -2.49. The van der Waals surface area contributed by atoms with Gasteiger partial charge in [0.05, 0.1) is 0 Å². The van der Waals surface area contributed by atoms with Crippen molar-refractivity contribution in [2.24, 2.45) is 5.92 Å². The number of anilines is 2. The number of nitrogens with one attached hydrogen (secondary N) is 1. The summed E-state index contributed by atoms with van der Waals surface area (Å²) in [5, 5.41) is 12.9. The second-order valence-corrected chi connectivity index (χ2v) is 6.34. The largest absolute Gasteiger partial charge is 0.508 e. The minimum atomic E-state index is -0.228. The van der Waals surface area contributed by atoms with Gasteiger partial charge < -0.3 is 15.3 Å². The van der Waals surface area contributed by atoms with Gasteiger partial charge in [0.2, 0.25) is 0 Å². The van der Waals surface area contributed by atoms with E-state index in [9.17, 15) is 9.90 Å². The third kappa shape index (κ3) is 4.49. The van der Waals surface area contributed by atoms with E-state index in [-0.39, 0.29) is 11.7 Å². The number of rotatable bonds is 5. The van der Waals surface area contributed by atoms with Crippen LogP contribution < -0.4 is 10.2 Å². The number of phenolic OH excluding ortho intramolecular Hbond substituents is 1. The molecule has 0 saturated heterocycles. The Morgan fingerprint density at radius 2 is 1.78 bits per heavy atom. The smallest absolute Gasteiger partial charge is 0.255 e. The highest BCUT2D eigenvalue weighted by Gasteiger charge is 2.10. The van der Waals surface area contributed by atoms with E-state index in [0.717, 1.165) is 23.4 Å². The zero-order chi connectivity index (χ0) is 17.0. The molecule has 2 aromatic rings. The lowest BCUT2D eigenvalue weighted by atomic mass is 10.0. The predicted molar refractivity (Wildman–Crippen MR) is 95.4 cm³/mol. The fraction of sp³-hybridized carbons (Fsp3) is 0.316. The summed E-state index contributed by atoms with van der Waals surface area (Å²) in [5.74, 6) is 0.402. The predicted octanol–water partition coefficient (Wildman–Crippen LogP) is 3.91. The lowest BCUT2D eigenvalue weighted by molar-refractivity contribution is 0.102. The Balaban J connectivity index is 2.10. The molecular formula is C19H24N2O2. The van der Waals surface area contributed by atoms with Gasteiger partial charge in [-0.25, -0.2) is 0 Å². The summed E-state index contributed by atoms with van der Waals surface area (Å²) < 4.78 is 0. The van der Waals surface area contributed by atoms with Crippen LogP contribution in [0.3, 0.4) is 0 Å². The van der Waals surface area contributed by atoms with Gasteiger partial charge in [0.15, 0.2) is 0 Å². The van der Waals surface area contributed by atoms with Crippen LogP contribution in [0.2, 0.25) is 0 Å². The molecule has 0 aliphatic carbocycles. The third-order valence-corrected chi connectivity index (χ3v) is 3.62. The van der Waals surface area contributed by atoms with Crippen LogP contribution in [0.15, 0.2) is 42.5 Å². The molecule has 0 aromatic heterocycles. The van der Waals surface area contributed by atoms with Crippen molar-refractivity contribution in [1.82, 2.24) is 0 Å². The topological polar surface area (TPSA) is 52.6 Å². The number of carbonyl (C=O) groups excluding carboxylic acids is 1. The Morgan fingerprint density at radius 3 is 2.30 bits per heavy atom. The molecule has 0 heterocycles. The second-order valence-electron chi connectivity index (χ2n) is 6.34. The minimum absolute atomic E-state index is 0.175. The number of aromatic hydroxyl groups is 1. The van der Waals surface area contributed by atoms with Gasteiger partial charge in [-0.15, -0.1) is 0 Å². The number of amides is 1. The number of phenols is 1. The first-order valence-corrected chi connectivity index (χ1v) is 7.77. The van der Waals surface area contributed by atoms with Crippen LogP contribution in [0.4, 0.5) is 11.4 Å². The average molecular weight is 312 g/mol. The van der Waals surface area contributed by atoms with Crippen molar-refractivity contribution in [1.29, 1.82) is 0 Å². The lowest BCUT2D eigenvalue weighted by Crippen LogP contribution is -2.13. The maximum atomic E-state index is 12.3. The molecule has 0 aliphatic heterocycles. The monoisotopic (exact) mass is 312 g/mol. The first-order valence-electron chi connectivity index (χ1n) is 7.77. The number of benzene rings is 2. The summed E-state index contributed by atoms with van der Waals surface area (Å²) in [4.78, 5) is 14.3. The minimum Gasteiger partial charge on any atom is -0.508 e. The molecule has 0 unspecified atom stereocenters. The average Bonchev–Trinajstić information content (AvgIpc) is 2.49. The van der Waals surface area contributed by atoms with Crippen molar-refractivity contribution in [3.8, 4) is 5.75 Å². The molecule has 2 rings (SSSR count). The van der Waals surface area contributed by atoms with Crippen LogP contribution in [0.5, 0.6) is 5.75 Å². The van der Waals surface area contributed by atoms with E-state index in [0.29, 0.717) is 11.5 Å². The molecule has 2 aromatic carbocycles. The molecule has 23 heavy (non-hydrogen) atoms. The van der Waals surface area contributed by atoms with Crippen LogP contribution in [-0.2, 0) is 6.42 Å². The van der Waals surface area contributed by atoms with Crippen molar-refractivity contribution in [3.05, 3.63) is 53.6 Å². The zero-order valence-electron chi connectivity index (χ0n) is 14.1. The molecule has 1 amide bonds. The summed E-state index contributed by atoms with van der Waals surface area (Å²) in [6.07, 6.45) is 0.791. The molecule has 2 N–H and O–H groups in total. The SMILES string of the molecule is CC(C)Cc1ccc(C(=O)Nc2ccc(N(C)C)cc2)cc1O. The first-order chi connectivity index (χ1) is 10.9. The van der Waals surface area contributed by atoms with Crippen LogP contribution in [0, 0.1) is 5.92 Å². The Bertz CT molecular complexity index is 676. The van der Waals surface area contributed by atoms with Gasteiger partial charge in [0, 0.05) is 31.0 Å². The molecule has 0 radical (unpaired) electrons. The molecule has 0 aliphatic rings. The molecular weight excluding hydrogens is 288 g/mol. The van der Waals surface area contributed by atoms with Crippen molar-refractivity contribution < 1.29 is 9.90 Å². The van der Waals surface area contributed by atoms with Crippen molar-refractivity contribution in [3.63, 3.8) is 0 Å². The molecule has 0 spiro atoms. The van der Waals surface area contributed by atoms with Gasteiger partial charge in [-0.3, -0.25) is 4.79 Å². The number of hydrogen-bond acceptors (Lipinski definition) is 3. The van der Waals surface area contributed by atoms with Crippen LogP contribution in [0.25, 0.3) is 0 Å². The van der Waals surface area contributed by atoms with Crippen LogP contribution in [0.1, 0.15) is 29.8 Å². The molecule has 0 fully saturated rings. The quantitative estimate of drug-likeness (QED) is 0.880. The summed E-state index contributed by atoms with van der Waals surface area (Å²) in [6.45, 7) is 4.19. The molecule has 122 valence electrons. The number of carbonyl (C=O) groups is 1. The van der Waals surface area contributed by atoms with Gasteiger partial charge in [-0.2, -0.15) is 0 Å². The Labute approximate surface area is 137 Å². The molecule has 0 bridgehead atoms. The van der Waals surface area contributed by atoms with Gasteiger partial charge in [0.25, 0.3) is 5.91 Å². The van der Waals surface area contributed by atoms with E-state index in [4.69, 9.17) is 0 Å². The maximum absolute atomic E-state index is 12.3. The van der Waals surface area contributed by atoms with E-state index < -0.39 is 0 Å². The van der Waals surface area contributed by atoms with E-state index in [1.807, 2.05) is 49.3 Å². The zero-order valence-corrected chi connectivity index (χ0v) is 14.1. The van der Waals surface area contributed by atoms with Gasteiger partial charge in [-0.1, -0.05) is 19.9 Å². The van der Waals surface area contributed by atoms with E-state index in [1.165, 1.54) is 6.07 Å². The van der Waals surface area contributed by atoms with E-state index >= 15 is 0 Å². The molecule has 4 nitrogen and oxygen atoms in total. The third-order valence-electron chi connectivity index (χ3n) is 3.62. The highest BCUT2D eigenvalue weighted by molar-refractivity contribution is 6.04. The standard InChI is InChI=1S/C19H24N2O2/c1-13(2)11-14-5-6-15(12-18(14)22)19(23)20-16-7-9-17(10-8-16)21(3)4/h5-10,12-13,22H,11H2,1-4H3,(H,20,23). The van der Waals surface area contributed by atoms with Gasteiger partial charge >= 0.3 is 0 Å². The molecule has 0 atom stereocenters. The summed E-state index contributed by atoms with van der Waals surface area (Å²) in [6, 6.07) is 12.7. The number of hydrogen-bond donors (Lipinski definition) is 2. The number of nitrogens with zero attached hydrogens (tertiary/aromatic N) is 1. The first kappa shape index (κ1) is 16.9. The van der Waals surface area contributed by atoms with Crippen LogP contribution in [-0.4, -0.2) is 25.1 Å². The maximum Gasteiger partial charge on any atom is 0.255 e. The van der Waals surface area contributed by atoms with E-state index in [2.05, 4.69) is 19.2 Å². The van der Waals surface area contributed by atoms with Crippen molar-refractivity contribution in [2.45, 2.75) is 20.3 Å². The fourth-order valence-electron chi connectivity index (χ4n) is 2.36. The Kier molecular flexibility index (Phi) is 5.27. The Morgan fingerprint density at radius 1 is 1.13 bits per heavy atom. The molecule has 0 saturated carbocycles. The summed E-state index contributed by atoms with van der Waals surface area (Å²) >= 11 is 0. The van der Waals surface area contributed by atoms with Gasteiger partial charge in [-0.05, 0) is 54.3 Å². The van der Waals surface area contributed by atoms with Gasteiger partial charge in [0.1, 0.15) is 5.75 Å². The van der Waals surface area contributed by atoms with Crippen LogP contribution >= 0.6 is 0 Å². The summed E-state index contributed by atoms with van der Waals surface area (Å²) in [5.41, 5.74) is 3.11. The highest BCUT2D eigenvalue weighted by Crippen LogP contribution is 2.23. The summed E-state index contributed by atoms with van der Waals surface area (Å²) in [7, 11) is 3.93. The van der Waals surface area contributed by atoms with Crippen molar-refractivity contribution >= 4 is 17.3 Å². The van der Waals surface area contributed by atoms with Crippen molar-refractivity contribution in [2.75, 3.05) is 24.3 Å². The molecule has 4 heteroatoms. The second kappa shape index (κ2) is 7.18. The van der Waals surface area contributed by atoms with E-state index in [1.54, 1.807) is 6.07 Å². The fourth-order valence-corrected chi connectivity index (χ4v) is 2.36. The highest BCUT2D eigenvalue weighted by atomic mass is 16.3. The normalized spacial score (nSPS) is 10.7. The lowest BCUT2D eigenvalue weighted by Gasteiger charge is -2.13.